The Bertz CT molecular complexity index is 1230. The molecule has 0 radical (unpaired) electrons. The number of hydrogen-bond acceptors (Lipinski definition) is 6. The maximum atomic E-state index is 12.3. The number of benzene rings is 1. The number of rotatable bonds is 4. The number of morpholine rings is 1. The lowest BCUT2D eigenvalue weighted by atomic mass is 10.2. The fraction of sp³-hybridized carbons (Fsp3) is 0.174. The number of hydrogen-bond donors (Lipinski definition) is 1. The van der Waals surface area contributed by atoms with E-state index in [-0.39, 0.29) is 5.91 Å². The monoisotopic (exact) mass is 400 g/mol. The van der Waals surface area contributed by atoms with E-state index in [9.17, 15) is 4.79 Å². The van der Waals surface area contributed by atoms with Crippen LogP contribution >= 0.6 is 0 Å². The lowest BCUT2D eigenvalue weighted by molar-refractivity contribution is -0.111. The molecule has 1 amide bonds. The van der Waals surface area contributed by atoms with Gasteiger partial charge in [-0.3, -0.25) is 4.79 Å². The van der Waals surface area contributed by atoms with Crippen molar-refractivity contribution in [1.29, 1.82) is 0 Å². The van der Waals surface area contributed by atoms with Gasteiger partial charge in [0.15, 0.2) is 5.58 Å². The molecule has 0 atom stereocenters. The van der Waals surface area contributed by atoms with E-state index in [2.05, 4.69) is 15.2 Å². The number of furan rings is 1. The maximum absolute atomic E-state index is 12.3. The molecule has 0 saturated carbocycles. The second-order valence-corrected chi connectivity index (χ2v) is 6.99. The standard InChI is InChI=1S/C23H20N4O3/c28-20(25-16-5-2-1-3-6-16)9-8-17-15-19(27-11-13-29-14-12-27)22-21(26-17)18-7-4-10-24-23(18)30-22/h1-10,15H,11-14H2,(H,25,28)/b9-8+. The number of pyridine rings is 2. The van der Waals surface area contributed by atoms with Crippen LogP contribution in [-0.2, 0) is 9.53 Å². The summed E-state index contributed by atoms with van der Waals surface area (Å²) in [4.78, 5) is 23.6. The normalized spacial score (nSPS) is 14.6. The molecule has 0 spiro atoms. The first kappa shape index (κ1) is 18.3. The van der Waals surface area contributed by atoms with Gasteiger partial charge in [-0.2, -0.15) is 0 Å². The molecule has 1 aliphatic heterocycles. The van der Waals surface area contributed by atoms with E-state index in [1.807, 2.05) is 48.5 Å². The van der Waals surface area contributed by atoms with Crippen molar-refractivity contribution in [3.63, 3.8) is 0 Å². The van der Waals surface area contributed by atoms with E-state index >= 15 is 0 Å². The zero-order valence-electron chi connectivity index (χ0n) is 16.2. The van der Waals surface area contributed by atoms with E-state index in [4.69, 9.17) is 14.1 Å². The van der Waals surface area contributed by atoms with Gasteiger partial charge in [0.1, 0.15) is 5.52 Å². The Labute approximate surface area is 173 Å². The zero-order valence-corrected chi connectivity index (χ0v) is 16.2. The van der Waals surface area contributed by atoms with Crippen LogP contribution in [0.2, 0.25) is 0 Å². The van der Waals surface area contributed by atoms with Crippen molar-refractivity contribution < 1.29 is 13.9 Å². The Morgan fingerprint density at radius 3 is 2.77 bits per heavy atom. The molecule has 7 nitrogen and oxygen atoms in total. The molecule has 1 aliphatic rings. The van der Waals surface area contributed by atoms with Crippen molar-refractivity contribution in [3.8, 4) is 0 Å². The molecule has 1 fully saturated rings. The Morgan fingerprint density at radius 2 is 1.93 bits per heavy atom. The van der Waals surface area contributed by atoms with E-state index < -0.39 is 0 Å². The van der Waals surface area contributed by atoms with Crippen LogP contribution in [0.4, 0.5) is 11.4 Å². The summed E-state index contributed by atoms with van der Waals surface area (Å²) in [6, 6.07) is 15.1. The van der Waals surface area contributed by atoms with Crippen molar-refractivity contribution in [2.24, 2.45) is 0 Å². The molecule has 4 aromatic rings. The number of anilines is 2. The molecule has 30 heavy (non-hydrogen) atoms. The molecule has 0 aliphatic carbocycles. The molecular weight excluding hydrogens is 380 g/mol. The maximum Gasteiger partial charge on any atom is 0.248 e. The van der Waals surface area contributed by atoms with Gasteiger partial charge in [0.25, 0.3) is 0 Å². The lowest BCUT2D eigenvalue weighted by Crippen LogP contribution is -2.36. The van der Waals surface area contributed by atoms with Gasteiger partial charge in [-0.15, -0.1) is 0 Å². The quantitative estimate of drug-likeness (QED) is 0.524. The van der Waals surface area contributed by atoms with Crippen molar-refractivity contribution in [2.45, 2.75) is 0 Å². The molecule has 1 aromatic carbocycles. The number of carbonyl (C=O) groups excluding carboxylic acids is 1. The van der Waals surface area contributed by atoms with Gasteiger partial charge in [-0.05, 0) is 36.4 Å². The molecule has 0 bridgehead atoms. The van der Waals surface area contributed by atoms with Gasteiger partial charge < -0.3 is 19.4 Å². The first-order valence-corrected chi connectivity index (χ1v) is 9.83. The Hall–Kier alpha value is -3.71. The van der Waals surface area contributed by atoms with Crippen LogP contribution in [0.15, 0.2) is 65.2 Å². The number of nitrogens with one attached hydrogen (secondary N) is 1. The first-order valence-electron chi connectivity index (χ1n) is 9.83. The van der Waals surface area contributed by atoms with E-state index in [0.717, 1.165) is 35.4 Å². The third-order valence-electron chi connectivity index (χ3n) is 5.00. The summed E-state index contributed by atoms with van der Waals surface area (Å²) < 4.78 is 11.5. The minimum absolute atomic E-state index is 0.213. The smallest absolute Gasteiger partial charge is 0.248 e. The average molecular weight is 400 g/mol. The molecule has 7 heteroatoms. The van der Waals surface area contributed by atoms with Crippen molar-refractivity contribution >= 4 is 45.6 Å². The molecular formula is C23H20N4O3. The third kappa shape index (κ3) is 3.62. The van der Waals surface area contributed by atoms with E-state index in [1.165, 1.54) is 6.08 Å². The Balaban J connectivity index is 1.52. The van der Waals surface area contributed by atoms with Gasteiger partial charge in [0.2, 0.25) is 11.6 Å². The highest BCUT2D eigenvalue weighted by Gasteiger charge is 2.20. The van der Waals surface area contributed by atoms with Gasteiger partial charge in [0, 0.05) is 31.0 Å². The predicted molar refractivity (Wildman–Crippen MR) is 116 cm³/mol. The largest absolute Gasteiger partial charge is 0.434 e. The van der Waals surface area contributed by atoms with Crippen molar-refractivity contribution in [1.82, 2.24) is 9.97 Å². The molecule has 4 heterocycles. The Kier molecular flexibility index (Phi) is 4.86. The minimum Gasteiger partial charge on any atom is -0.434 e. The predicted octanol–water partition coefficient (Wildman–Crippen LogP) is 3.86. The van der Waals surface area contributed by atoms with Crippen molar-refractivity contribution in [2.75, 3.05) is 36.5 Å². The highest BCUT2D eigenvalue weighted by molar-refractivity contribution is 6.06. The number of carbonyl (C=O) groups is 1. The molecule has 5 rings (SSSR count). The Morgan fingerprint density at radius 1 is 1.10 bits per heavy atom. The highest BCUT2D eigenvalue weighted by atomic mass is 16.5. The minimum atomic E-state index is -0.213. The highest BCUT2D eigenvalue weighted by Crippen LogP contribution is 2.34. The topological polar surface area (TPSA) is 80.5 Å². The summed E-state index contributed by atoms with van der Waals surface area (Å²) in [6.07, 6.45) is 4.91. The summed E-state index contributed by atoms with van der Waals surface area (Å²) in [7, 11) is 0. The number of ether oxygens (including phenoxy) is 1. The summed E-state index contributed by atoms with van der Waals surface area (Å²) in [5, 5.41) is 3.70. The van der Waals surface area contributed by atoms with Gasteiger partial charge >= 0.3 is 0 Å². The van der Waals surface area contributed by atoms with Crippen LogP contribution in [0.5, 0.6) is 0 Å². The lowest BCUT2D eigenvalue weighted by Gasteiger charge is -2.28. The number of para-hydroxylation sites is 1. The van der Waals surface area contributed by atoms with Crippen LogP contribution in [0, 0.1) is 0 Å². The van der Waals surface area contributed by atoms with Crippen molar-refractivity contribution in [3.05, 3.63) is 66.5 Å². The molecule has 0 unspecified atom stereocenters. The van der Waals surface area contributed by atoms with E-state index in [0.29, 0.717) is 30.2 Å². The van der Waals surface area contributed by atoms with Gasteiger partial charge in [-0.1, -0.05) is 18.2 Å². The second kappa shape index (κ2) is 7.96. The average Bonchev–Trinajstić information content (AvgIpc) is 3.17. The molecule has 3 aromatic heterocycles. The van der Waals surface area contributed by atoms with E-state index in [1.54, 1.807) is 12.3 Å². The number of fused-ring (bicyclic) bond motifs is 3. The number of amides is 1. The van der Waals surface area contributed by atoms with Crippen LogP contribution in [0.3, 0.4) is 0 Å². The summed E-state index contributed by atoms with van der Waals surface area (Å²) in [5.74, 6) is -0.213. The summed E-state index contributed by atoms with van der Waals surface area (Å²) in [6.45, 7) is 2.85. The second-order valence-electron chi connectivity index (χ2n) is 6.99. The van der Waals surface area contributed by atoms with Crippen LogP contribution in [-0.4, -0.2) is 42.2 Å². The number of nitrogens with zero attached hydrogens (tertiary/aromatic N) is 3. The van der Waals surface area contributed by atoms with Crippen LogP contribution in [0.25, 0.3) is 28.3 Å². The molecule has 150 valence electrons. The summed E-state index contributed by atoms with van der Waals surface area (Å²) >= 11 is 0. The van der Waals surface area contributed by atoms with Gasteiger partial charge in [-0.25, -0.2) is 9.97 Å². The van der Waals surface area contributed by atoms with Crippen LogP contribution in [0.1, 0.15) is 5.69 Å². The fourth-order valence-electron chi connectivity index (χ4n) is 3.56. The van der Waals surface area contributed by atoms with Gasteiger partial charge in [0.05, 0.1) is 30.0 Å². The summed E-state index contributed by atoms with van der Waals surface area (Å²) in [5.41, 5.74) is 4.36. The SMILES string of the molecule is O=C(/C=C/c1cc(N2CCOCC2)c2oc3ncccc3c2n1)Nc1ccccc1. The number of aromatic nitrogens is 2. The molecule has 1 saturated heterocycles. The third-order valence-corrected chi connectivity index (χ3v) is 5.00. The molecule has 1 N–H and O–H groups in total. The fourth-order valence-corrected chi connectivity index (χ4v) is 3.56. The van der Waals surface area contributed by atoms with Crippen LogP contribution < -0.4 is 10.2 Å². The zero-order chi connectivity index (χ0) is 20.3. The first-order chi connectivity index (χ1) is 14.8.